The molecule has 9 rings (SSSR count). The van der Waals surface area contributed by atoms with E-state index in [1.54, 1.807) is 18.6 Å². The maximum atomic E-state index is 13.1. The number of hydrogen-bond donors (Lipinski definition) is 0. The molecule has 331 valence electrons. The van der Waals surface area contributed by atoms with Gasteiger partial charge in [0.1, 0.15) is 31.2 Å². The molecule has 7 aromatic carbocycles. The van der Waals surface area contributed by atoms with Crippen molar-refractivity contribution in [3.63, 3.8) is 0 Å². The van der Waals surface area contributed by atoms with E-state index in [0.29, 0.717) is 0 Å². The van der Waals surface area contributed by atoms with E-state index >= 15 is 0 Å². The topological polar surface area (TPSA) is 88.1 Å². The molecular formula is C57H52O7PY-. The Morgan fingerprint density at radius 1 is 0.545 bits per heavy atom. The van der Waals surface area contributed by atoms with Crippen LogP contribution in [0, 0.1) is 18.3 Å². The fraction of sp³-hybridized carbons (Fsp3) is 0.140. The van der Waals surface area contributed by atoms with Crippen LogP contribution in [0.25, 0.3) is 0 Å². The van der Waals surface area contributed by atoms with Gasteiger partial charge in [-0.05, 0) is 64.1 Å². The predicted octanol–water partition coefficient (Wildman–Crippen LogP) is 10.7. The number of Topliss-reactive ketones (excluding diaryl/α,β-unsaturated/α-hetero) is 1. The summed E-state index contributed by atoms with van der Waals surface area (Å²) in [5.74, 6) is -0.641. The third-order valence-corrected chi connectivity index (χ3v) is 14.6. The summed E-state index contributed by atoms with van der Waals surface area (Å²) in [6.45, 7) is -0.638. The number of hydrogen-bond acceptors (Lipinski definition) is 7. The van der Waals surface area contributed by atoms with E-state index in [9.17, 15) is 14.4 Å². The van der Waals surface area contributed by atoms with Crippen LogP contribution in [0.2, 0.25) is 0 Å². The van der Waals surface area contributed by atoms with Crippen molar-refractivity contribution in [3.05, 3.63) is 253 Å². The minimum absolute atomic E-state index is 0. The first-order chi connectivity index (χ1) is 32.6. The first-order valence-corrected chi connectivity index (χ1v) is 23.3. The third kappa shape index (κ3) is 14.4. The van der Waals surface area contributed by atoms with Crippen LogP contribution in [0.15, 0.2) is 224 Å². The molecule has 1 fully saturated rings. The molecule has 4 atom stereocenters. The predicted molar refractivity (Wildman–Crippen MR) is 260 cm³/mol. The number of ether oxygens (including phenoxy) is 2. The number of ketones is 1. The van der Waals surface area contributed by atoms with Gasteiger partial charge in [-0.1, -0.05) is 212 Å². The average molecular weight is 971 g/mol. The maximum Gasteiger partial charge on any atom is 0.332 e. The molecule has 2 aliphatic rings. The molecule has 9 heteroatoms. The van der Waals surface area contributed by atoms with Crippen LogP contribution in [-0.2, 0) is 79.6 Å². The van der Waals surface area contributed by atoms with E-state index in [-0.39, 0.29) is 69.9 Å². The molecule has 0 saturated heterocycles. The molecule has 66 heavy (non-hydrogen) atoms. The number of benzene rings is 7. The van der Waals surface area contributed by atoms with E-state index in [1.807, 2.05) is 182 Å². The van der Waals surface area contributed by atoms with E-state index in [0.717, 1.165) is 38.2 Å². The fourth-order valence-corrected chi connectivity index (χ4v) is 10.8. The van der Waals surface area contributed by atoms with Crippen molar-refractivity contribution in [3.8, 4) is 0 Å². The van der Waals surface area contributed by atoms with Gasteiger partial charge in [-0.25, -0.2) is 14.6 Å². The maximum absolute atomic E-state index is 13.1. The van der Waals surface area contributed by atoms with Gasteiger partial charge in [-0.3, -0.25) is 4.79 Å². The number of esters is 2. The van der Waals surface area contributed by atoms with Gasteiger partial charge in [-0.2, -0.15) is 5.92 Å². The second kappa shape index (κ2) is 25.8. The first-order valence-electron chi connectivity index (χ1n) is 22.4. The fourth-order valence-electron chi connectivity index (χ4n) is 7.18. The van der Waals surface area contributed by atoms with E-state index in [2.05, 4.69) is 36.4 Å². The van der Waals surface area contributed by atoms with Crippen LogP contribution in [0.5, 0.6) is 0 Å². The summed E-state index contributed by atoms with van der Waals surface area (Å²) in [7, 11) is 0. The summed E-state index contributed by atoms with van der Waals surface area (Å²) in [5.41, 5.74) is 3.97. The van der Waals surface area contributed by atoms with Gasteiger partial charge < -0.3 is 20.7 Å². The van der Waals surface area contributed by atoms with Crippen LogP contribution < -0.4 is 15.9 Å². The van der Waals surface area contributed by atoms with Crippen LogP contribution >= 0.6 is 6.89 Å². The summed E-state index contributed by atoms with van der Waals surface area (Å²) in [6, 6.07) is 69.7. The Bertz CT molecular complexity index is 2580. The van der Waals surface area contributed by atoms with Crippen molar-refractivity contribution in [2.24, 2.45) is 11.8 Å². The Labute approximate surface area is 416 Å². The Hall–Kier alpha value is -5.79. The summed E-state index contributed by atoms with van der Waals surface area (Å²) in [4.78, 5) is 46.9. The summed E-state index contributed by atoms with van der Waals surface area (Å²) in [5, 5.41) is 3.37. The molecule has 7 aromatic rings. The summed E-state index contributed by atoms with van der Waals surface area (Å²) < 4.78 is 26.2. The Morgan fingerprint density at radius 3 is 1.24 bits per heavy atom. The molecule has 0 bridgehead atoms. The molecule has 1 aliphatic carbocycles. The van der Waals surface area contributed by atoms with Gasteiger partial charge in [0.25, 0.3) is 0 Å². The van der Waals surface area contributed by atoms with Crippen molar-refractivity contribution in [2.75, 3.05) is 0 Å². The van der Waals surface area contributed by atoms with Crippen LogP contribution in [0.4, 0.5) is 0 Å². The summed E-state index contributed by atoms with van der Waals surface area (Å²) in [6.07, 6.45) is 3.25. The molecule has 0 amide bonds. The number of rotatable bonds is 13. The Balaban J connectivity index is 0.000000175. The second-order valence-electron chi connectivity index (χ2n) is 15.3. The zero-order chi connectivity index (χ0) is 46.9. The van der Waals surface area contributed by atoms with Gasteiger partial charge in [-0.15, -0.1) is 5.92 Å². The molecular weight excluding hydrogens is 916 g/mol. The Kier molecular flexibility index (Phi) is 18.3. The Morgan fingerprint density at radius 2 is 0.894 bits per heavy atom. The van der Waals surface area contributed by atoms with Gasteiger partial charge in [0.05, 0.1) is 0 Å². The van der Waals surface area contributed by atoms with Crippen molar-refractivity contribution in [2.45, 2.75) is 38.7 Å². The first kappa shape index (κ1) is 46.7. The molecule has 0 aromatic heterocycles. The molecule has 1 saturated carbocycles. The van der Waals surface area contributed by atoms with Crippen molar-refractivity contribution >= 4 is 46.3 Å². The monoisotopic (exact) mass is 970 g/mol. The normalized spacial score (nSPS) is 17.5. The van der Waals surface area contributed by atoms with Crippen LogP contribution in [-0.4, -0.2) is 23.5 Å². The summed E-state index contributed by atoms with van der Waals surface area (Å²) >= 11 is 0. The minimum atomic E-state index is -2.33. The molecule has 1 heterocycles. The van der Waals surface area contributed by atoms with Gasteiger partial charge in [0, 0.05) is 47.6 Å². The van der Waals surface area contributed by atoms with Crippen LogP contribution in [0.1, 0.15) is 50.5 Å². The molecule has 1 aliphatic heterocycles. The SMILES string of the molecule is C1=C[C@H](c2ccccc2)OO[C@@H]1c1ccccc1.O=C(C=P(c1ccccc1)(c1ccccc1)c1ccccc1)OCc1ccccc1.[2H]C([2H])(C(=O)OCc1ccccc1)[C@H]1[CH-][C@@H]1C(C)=O.[Y]. The third-order valence-electron chi connectivity index (χ3n) is 10.6. The van der Waals surface area contributed by atoms with E-state index < -0.39 is 31.1 Å². The molecule has 7 nitrogen and oxygen atoms in total. The largest absolute Gasteiger partial charge is 0.461 e. The van der Waals surface area contributed by atoms with Gasteiger partial charge >= 0.3 is 11.9 Å². The minimum Gasteiger partial charge on any atom is -0.461 e. The van der Waals surface area contributed by atoms with E-state index in [4.69, 9.17) is 22.0 Å². The number of carbonyl (C=O) groups excluding carboxylic acids is 3. The standard InChI is InChI=1S/C27H23O2P.C16H14O2.C14H15O3.Y/c28-27(29-21-23-13-5-1-6-14-23)22-30(24-15-7-2-8-16-24,25-17-9-3-10-18-25)26-19-11-4-12-20-26;1-3-7-13(8-4-1)15-11-12-16(18-17-15)14-9-5-2-6-10-14;1-10(15)13-7-12(13)8-14(16)17-9-11-5-3-2-4-6-11;/h1-20,22H,21H2;1-12,15-16H;2-7,12-13H,8-9H2,1H3;/q;;-1;/t;15-,16+;12-,13-;/m..1./s1/i;;8D2;. The smallest absolute Gasteiger partial charge is 0.332 e. The van der Waals surface area contributed by atoms with Crippen molar-refractivity contribution in [1.29, 1.82) is 0 Å². The van der Waals surface area contributed by atoms with Crippen LogP contribution in [0.3, 0.4) is 0 Å². The zero-order valence-corrected chi connectivity index (χ0v) is 40.4. The average Bonchev–Trinajstić information content (AvgIpc) is 4.22. The molecule has 1 radical (unpaired) electrons. The quantitative estimate of drug-likeness (QED) is 0.0374. The van der Waals surface area contributed by atoms with Gasteiger partial charge in [0.15, 0.2) is 0 Å². The molecule has 0 spiro atoms. The van der Waals surface area contributed by atoms with Gasteiger partial charge in [0.2, 0.25) is 0 Å². The van der Waals surface area contributed by atoms with E-state index in [1.165, 1.54) is 6.92 Å². The molecule has 0 unspecified atom stereocenters. The van der Waals surface area contributed by atoms with Crippen molar-refractivity contribution < 1.29 is 69.1 Å². The molecule has 0 N–H and O–H groups in total. The zero-order valence-electron chi connectivity index (χ0n) is 38.6. The number of carbonyl (C=O) groups is 3. The second-order valence-corrected chi connectivity index (χ2v) is 18.5. The van der Waals surface area contributed by atoms with Crippen molar-refractivity contribution in [1.82, 2.24) is 0 Å².